The Morgan fingerprint density at radius 2 is 1.34 bits per heavy atom. The summed E-state index contributed by atoms with van der Waals surface area (Å²) in [6.45, 7) is 0.415. The summed E-state index contributed by atoms with van der Waals surface area (Å²) >= 11 is 0. The van der Waals surface area contributed by atoms with Crippen molar-refractivity contribution < 1.29 is 28.5 Å². The molecule has 0 aliphatic carbocycles. The van der Waals surface area contributed by atoms with E-state index in [0.717, 1.165) is 16.9 Å². The van der Waals surface area contributed by atoms with Crippen molar-refractivity contribution in [1.82, 2.24) is 0 Å². The van der Waals surface area contributed by atoms with Gasteiger partial charge in [-0.2, -0.15) is 0 Å². The number of benzene rings is 3. The van der Waals surface area contributed by atoms with E-state index in [-0.39, 0.29) is 5.78 Å². The lowest BCUT2D eigenvalue weighted by Gasteiger charge is -2.11. The molecule has 3 aromatic rings. The third-order valence-electron chi connectivity index (χ3n) is 4.86. The van der Waals surface area contributed by atoms with Gasteiger partial charge in [-0.3, -0.25) is 4.79 Å². The lowest BCUT2D eigenvalue weighted by molar-refractivity contribution is 0.104. The van der Waals surface area contributed by atoms with Crippen LogP contribution in [0.1, 0.15) is 21.5 Å². The zero-order chi connectivity index (χ0) is 22.9. The molecular weight excluding hydrogens is 408 g/mol. The van der Waals surface area contributed by atoms with Crippen LogP contribution in [0.2, 0.25) is 0 Å². The summed E-state index contributed by atoms with van der Waals surface area (Å²) in [5, 5.41) is 0. The summed E-state index contributed by atoms with van der Waals surface area (Å²) < 4.78 is 27.0. The molecule has 0 bridgehead atoms. The molecule has 166 valence electrons. The average molecular weight is 434 g/mol. The molecule has 0 N–H and O–H groups in total. The Labute approximate surface area is 188 Å². The number of hydrogen-bond donors (Lipinski definition) is 0. The smallest absolute Gasteiger partial charge is 0.189 e. The fourth-order valence-electron chi connectivity index (χ4n) is 3.06. The van der Waals surface area contributed by atoms with Gasteiger partial charge in [-0.05, 0) is 54.1 Å². The predicted molar refractivity (Wildman–Crippen MR) is 123 cm³/mol. The minimum atomic E-state index is -0.189. The Bertz CT molecular complexity index is 1090. The van der Waals surface area contributed by atoms with Gasteiger partial charge in [-0.15, -0.1) is 0 Å². The highest BCUT2D eigenvalue weighted by Gasteiger charge is 2.11. The molecule has 3 aromatic carbocycles. The van der Waals surface area contributed by atoms with Crippen molar-refractivity contribution in [3.63, 3.8) is 0 Å². The first-order chi connectivity index (χ1) is 15.6. The van der Waals surface area contributed by atoms with Gasteiger partial charge in [0.1, 0.15) is 35.4 Å². The van der Waals surface area contributed by atoms with Crippen LogP contribution in [-0.4, -0.2) is 34.2 Å². The van der Waals surface area contributed by atoms with E-state index in [1.165, 1.54) is 13.2 Å². The van der Waals surface area contributed by atoms with Gasteiger partial charge in [0, 0.05) is 17.7 Å². The van der Waals surface area contributed by atoms with E-state index in [1.54, 1.807) is 51.7 Å². The van der Waals surface area contributed by atoms with Crippen LogP contribution in [0.5, 0.6) is 28.7 Å². The van der Waals surface area contributed by atoms with Crippen molar-refractivity contribution in [3.8, 4) is 28.7 Å². The lowest BCUT2D eigenvalue weighted by Crippen LogP contribution is -2.00. The largest absolute Gasteiger partial charge is 0.497 e. The average Bonchev–Trinajstić information content (AvgIpc) is 2.85. The molecule has 0 saturated carbocycles. The van der Waals surface area contributed by atoms with Gasteiger partial charge in [0.2, 0.25) is 0 Å². The molecule has 0 radical (unpaired) electrons. The number of methoxy groups -OCH3 is 4. The summed E-state index contributed by atoms with van der Waals surface area (Å²) in [7, 11) is 6.29. The van der Waals surface area contributed by atoms with Crippen LogP contribution in [-0.2, 0) is 6.61 Å². The Morgan fingerprint density at radius 1 is 0.719 bits per heavy atom. The summed E-state index contributed by atoms with van der Waals surface area (Å²) in [6, 6.07) is 18.2. The maximum atomic E-state index is 12.7. The molecular formula is C26H26O6. The molecule has 0 amide bonds. The highest BCUT2D eigenvalue weighted by atomic mass is 16.5. The first-order valence-electron chi connectivity index (χ1n) is 9.96. The minimum Gasteiger partial charge on any atom is -0.497 e. The summed E-state index contributed by atoms with van der Waals surface area (Å²) in [5.74, 6) is 2.95. The third-order valence-corrected chi connectivity index (χ3v) is 4.86. The molecule has 0 fully saturated rings. The number of ketones is 1. The molecule has 6 heteroatoms. The van der Waals surface area contributed by atoms with Gasteiger partial charge >= 0.3 is 0 Å². The summed E-state index contributed by atoms with van der Waals surface area (Å²) in [6.07, 6.45) is 3.19. The second-order valence-electron chi connectivity index (χ2n) is 6.80. The number of ether oxygens (including phenoxy) is 5. The standard InChI is InChI=1S/C26H26O6/c1-28-20-9-5-18(6-10-20)17-32-22-11-7-19(25(16-22)30-3)8-14-24(27)23-13-12-21(29-2)15-26(23)31-4/h5-16H,17H2,1-4H3. The van der Waals surface area contributed by atoms with Crippen LogP contribution in [0.15, 0.2) is 66.7 Å². The molecule has 0 heterocycles. The van der Waals surface area contributed by atoms with Crippen molar-refractivity contribution in [2.45, 2.75) is 6.61 Å². The zero-order valence-corrected chi connectivity index (χ0v) is 18.6. The molecule has 32 heavy (non-hydrogen) atoms. The molecule has 6 nitrogen and oxygen atoms in total. The van der Waals surface area contributed by atoms with E-state index >= 15 is 0 Å². The molecule has 0 unspecified atom stereocenters. The molecule has 3 rings (SSSR count). The van der Waals surface area contributed by atoms with E-state index < -0.39 is 0 Å². The summed E-state index contributed by atoms with van der Waals surface area (Å²) in [5.41, 5.74) is 2.22. The fraction of sp³-hybridized carbons (Fsp3) is 0.192. The van der Waals surface area contributed by atoms with Crippen LogP contribution in [0.4, 0.5) is 0 Å². The molecule has 0 aromatic heterocycles. The molecule has 0 aliphatic heterocycles. The number of rotatable bonds is 10. The van der Waals surface area contributed by atoms with E-state index in [1.807, 2.05) is 36.4 Å². The normalized spacial score (nSPS) is 10.6. The second-order valence-corrected chi connectivity index (χ2v) is 6.80. The van der Waals surface area contributed by atoms with E-state index in [2.05, 4.69) is 0 Å². The predicted octanol–water partition coefficient (Wildman–Crippen LogP) is 5.20. The van der Waals surface area contributed by atoms with Crippen LogP contribution in [0.25, 0.3) is 6.08 Å². The third kappa shape index (κ3) is 5.60. The number of hydrogen-bond acceptors (Lipinski definition) is 6. The van der Waals surface area contributed by atoms with E-state index in [0.29, 0.717) is 35.2 Å². The van der Waals surface area contributed by atoms with Crippen LogP contribution in [0.3, 0.4) is 0 Å². The summed E-state index contributed by atoms with van der Waals surface area (Å²) in [4.78, 5) is 12.7. The fourth-order valence-corrected chi connectivity index (χ4v) is 3.06. The number of carbonyl (C=O) groups excluding carboxylic acids is 1. The highest BCUT2D eigenvalue weighted by molar-refractivity contribution is 6.08. The Kier molecular flexibility index (Phi) is 7.75. The van der Waals surface area contributed by atoms with Crippen molar-refractivity contribution in [1.29, 1.82) is 0 Å². The van der Waals surface area contributed by atoms with Crippen molar-refractivity contribution in [2.75, 3.05) is 28.4 Å². The lowest BCUT2D eigenvalue weighted by atomic mass is 10.1. The van der Waals surface area contributed by atoms with Gasteiger partial charge in [-0.1, -0.05) is 12.1 Å². The maximum absolute atomic E-state index is 12.7. The van der Waals surface area contributed by atoms with Gasteiger partial charge in [-0.25, -0.2) is 0 Å². The first kappa shape index (κ1) is 22.7. The van der Waals surface area contributed by atoms with Gasteiger partial charge < -0.3 is 23.7 Å². The van der Waals surface area contributed by atoms with E-state index in [4.69, 9.17) is 23.7 Å². The Balaban J connectivity index is 1.71. The van der Waals surface area contributed by atoms with Crippen LogP contribution in [0, 0.1) is 0 Å². The quantitative estimate of drug-likeness (QED) is 0.323. The van der Waals surface area contributed by atoms with Gasteiger partial charge in [0.15, 0.2) is 5.78 Å². The van der Waals surface area contributed by atoms with Crippen molar-refractivity contribution >= 4 is 11.9 Å². The Hall–Kier alpha value is -3.93. The molecule has 0 saturated heterocycles. The second kappa shape index (κ2) is 10.9. The van der Waals surface area contributed by atoms with Crippen molar-refractivity contribution in [2.24, 2.45) is 0 Å². The SMILES string of the molecule is COc1ccc(COc2ccc(C=CC(=O)c3ccc(OC)cc3OC)c(OC)c2)cc1. The molecule has 0 aliphatic rings. The number of carbonyl (C=O) groups is 1. The highest BCUT2D eigenvalue weighted by Crippen LogP contribution is 2.28. The maximum Gasteiger partial charge on any atom is 0.189 e. The minimum absolute atomic E-state index is 0.189. The van der Waals surface area contributed by atoms with Crippen LogP contribution >= 0.6 is 0 Å². The van der Waals surface area contributed by atoms with E-state index in [9.17, 15) is 4.79 Å². The van der Waals surface area contributed by atoms with Crippen LogP contribution < -0.4 is 23.7 Å². The molecule has 0 spiro atoms. The number of allylic oxidation sites excluding steroid dienone is 1. The van der Waals surface area contributed by atoms with Gasteiger partial charge in [0.05, 0.1) is 34.0 Å². The van der Waals surface area contributed by atoms with Gasteiger partial charge in [0.25, 0.3) is 0 Å². The monoisotopic (exact) mass is 434 g/mol. The van der Waals surface area contributed by atoms with Crippen molar-refractivity contribution in [3.05, 3.63) is 83.4 Å². The molecule has 0 atom stereocenters. The first-order valence-corrected chi connectivity index (χ1v) is 9.96. The topological polar surface area (TPSA) is 63.2 Å². The zero-order valence-electron chi connectivity index (χ0n) is 18.6. The Morgan fingerprint density at radius 3 is 2.00 bits per heavy atom.